The van der Waals surface area contributed by atoms with Gasteiger partial charge in [0.15, 0.2) is 0 Å². The van der Waals surface area contributed by atoms with Crippen LogP contribution in [0.5, 0.6) is 0 Å². The molecule has 0 rings (SSSR count). The minimum Gasteiger partial charge on any atom is -0.390 e. The molecule has 0 fully saturated rings. The van der Waals surface area contributed by atoms with E-state index in [1.54, 1.807) is 13.8 Å². The molecule has 0 aliphatic rings. The minimum absolute atomic E-state index is 0.0821. The summed E-state index contributed by atoms with van der Waals surface area (Å²) in [5.74, 6) is 0.0821. The number of hydrogen-bond acceptors (Lipinski definition) is 5. The standard InChI is InChI=1S/C22H45B2NO4/c1-16(20(7,8)21(9,24)28-14-12-19(5,6)26)15-29-22(10,25)18(3,4)11-13-27-17(2)23/h16-17,26H,11-15,25H2,1-10H3. The van der Waals surface area contributed by atoms with Gasteiger partial charge in [-0.05, 0) is 58.8 Å². The van der Waals surface area contributed by atoms with Gasteiger partial charge in [0, 0.05) is 30.1 Å². The highest BCUT2D eigenvalue weighted by Crippen LogP contribution is 2.41. The normalized spacial score (nSPS) is 20.0. The molecule has 0 saturated heterocycles. The number of ether oxygens (including phenoxy) is 3. The molecular formula is C22H45B2NO4. The highest BCUT2D eigenvalue weighted by Gasteiger charge is 2.44. The predicted octanol–water partition coefficient (Wildman–Crippen LogP) is 3.35. The average molecular weight is 409 g/mol. The molecule has 4 atom stereocenters. The molecule has 0 aromatic rings. The van der Waals surface area contributed by atoms with E-state index in [9.17, 15) is 5.11 Å². The van der Waals surface area contributed by atoms with Crippen LogP contribution in [0.25, 0.3) is 0 Å². The van der Waals surface area contributed by atoms with Crippen molar-refractivity contribution < 1.29 is 19.3 Å². The summed E-state index contributed by atoms with van der Waals surface area (Å²) in [6, 6.07) is -0.296. The Morgan fingerprint density at radius 3 is 1.86 bits per heavy atom. The molecule has 3 N–H and O–H groups in total. The van der Waals surface area contributed by atoms with Gasteiger partial charge in [0.05, 0.1) is 12.2 Å². The van der Waals surface area contributed by atoms with E-state index in [1.807, 2.05) is 20.8 Å². The summed E-state index contributed by atoms with van der Waals surface area (Å²) in [6.45, 7) is 20.8. The molecule has 0 spiro atoms. The maximum Gasteiger partial charge on any atom is 0.119 e. The number of rotatable bonds is 14. The maximum absolute atomic E-state index is 9.90. The maximum atomic E-state index is 9.90. The van der Waals surface area contributed by atoms with Gasteiger partial charge in [-0.1, -0.05) is 34.6 Å². The van der Waals surface area contributed by atoms with E-state index in [4.69, 9.17) is 35.6 Å². The molecule has 0 aliphatic heterocycles. The van der Waals surface area contributed by atoms with Gasteiger partial charge in [-0.3, -0.25) is 0 Å². The Morgan fingerprint density at radius 2 is 1.41 bits per heavy atom. The van der Waals surface area contributed by atoms with Crippen LogP contribution in [0.2, 0.25) is 0 Å². The first kappa shape index (κ1) is 28.9. The molecule has 0 aromatic heterocycles. The minimum atomic E-state index is -0.882. The molecule has 0 heterocycles. The van der Waals surface area contributed by atoms with Crippen molar-refractivity contribution in [2.24, 2.45) is 22.5 Å². The fraction of sp³-hybridized carbons (Fsp3) is 1.00. The van der Waals surface area contributed by atoms with E-state index < -0.39 is 16.8 Å². The molecule has 4 unspecified atom stereocenters. The summed E-state index contributed by atoms with van der Waals surface area (Å²) in [7, 11) is 12.2. The summed E-state index contributed by atoms with van der Waals surface area (Å²) >= 11 is 0. The molecule has 4 radical (unpaired) electrons. The van der Waals surface area contributed by atoms with Crippen molar-refractivity contribution in [3.8, 4) is 0 Å². The Kier molecular flexibility index (Phi) is 10.5. The van der Waals surface area contributed by atoms with E-state index in [-0.39, 0.29) is 22.8 Å². The zero-order valence-electron chi connectivity index (χ0n) is 20.6. The summed E-state index contributed by atoms with van der Waals surface area (Å²) < 4.78 is 17.6. The molecule has 7 heteroatoms. The smallest absolute Gasteiger partial charge is 0.119 e. The Morgan fingerprint density at radius 1 is 0.897 bits per heavy atom. The lowest BCUT2D eigenvalue weighted by Crippen LogP contribution is -2.55. The number of nitrogens with two attached hydrogens (primary N) is 1. The van der Waals surface area contributed by atoms with Gasteiger partial charge in [0.25, 0.3) is 0 Å². The van der Waals surface area contributed by atoms with Crippen LogP contribution in [0.15, 0.2) is 0 Å². The van der Waals surface area contributed by atoms with Crippen LogP contribution in [0.4, 0.5) is 0 Å². The third-order valence-corrected chi connectivity index (χ3v) is 6.71. The van der Waals surface area contributed by atoms with Crippen molar-refractivity contribution in [3.05, 3.63) is 0 Å². The second-order valence-corrected chi connectivity index (χ2v) is 10.8. The van der Waals surface area contributed by atoms with Gasteiger partial charge in [0.2, 0.25) is 0 Å². The van der Waals surface area contributed by atoms with Crippen LogP contribution in [0, 0.1) is 16.7 Å². The fourth-order valence-electron chi connectivity index (χ4n) is 2.64. The second-order valence-electron chi connectivity index (χ2n) is 10.8. The first-order valence-electron chi connectivity index (χ1n) is 10.7. The highest BCUT2D eigenvalue weighted by atomic mass is 16.5. The Hall–Kier alpha value is -0.0701. The summed E-state index contributed by atoms with van der Waals surface area (Å²) in [5.41, 5.74) is 3.34. The van der Waals surface area contributed by atoms with Crippen LogP contribution in [-0.4, -0.2) is 63.4 Å². The molecule has 0 aliphatic carbocycles. The van der Waals surface area contributed by atoms with Gasteiger partial charge in [-0.15, -0.1) is 0 Å². The molecule has 0 saturated carbocycles. The molecule has 0 aromatic carbocycles. The number of hydrogen-bond donors (Lipinski definition) is 2. The molecule has 29 heavy (non-hydrogen) atoms. The third-order valence-electron chi connectivity index (χ3n) is 6.71. The van der Waals surface area contributed by atoms with Gasteiger partial charge < -0.3 is 25.1 Å². The Bertz CT molecular complexity index is 486. The van der Waals surface area contributed by atoms with E-state index in [0.717, 1.165) is 6.42 Å². The second kappa shape index (κ2) is 10.5. The zero-order chi connectivity index (χ0) is 23.3. The van der Waals surface area contributed by atoms with Crippen molar-refractivity contribution in [2.45, 2.75) is 105 Å². The van der Waals surface area contributed by atoms with E-state index in [2.05, 4.69) is 34.6 Å². The van der Waals surface area contributed by atoms with Crippen molar-refractivity contribution in [3.63, 3.8) is 0 Å². The molecule has 5 nitrogen and oxygen atoms in total. The lowest BCUT2D eigenvalue weighted by Gasteiger charge is -2.48. The average Bonchev–Trinajstić information content (AvgIpc) is 2.50. The van der Waals surface area contributed by atoms with E-state index >= 15 is 0 Å². The molecule has 0 amide bonds. The number of aliphatic hydroxyl groups is 1. The van der Waals surface area contributed by atoms with Crippen molar-refractivity contribution in [2.75, 3.05) is 19.8 Å². The topological polar surface area (TPSA) is 73.9 Å². The van der Waals surface area contributed by atoms with Gasteiger partial charge in [-0.25, -0.2) is 0 Å². The van der Waals surface area contributed by atoms with Crippen LogP contribution in [-0.2, 0) is 14.2 Å². The van der Waals surface area contributed by atoms with Crippen molar-refractivity contribution in [1.29, 1.82) is 0 Å². The van der Waals surface area contributed by atoms with Crippen molar-refractivity contribution in [1.82, 2.24) is 0 Å². The largest absolute Gasteiger partial charge is 0.390 e. The quantitative estimate of drug-likeness (QED) is 0.340. The summed E-state index contributed by atoms with van der Waals surface area (Å²) in [6.07, 6.45) is 1.24. The molecular weight excluding hydrogens is 364 g/mol. The Balaban J connectivity index is 4.90. The van der Waals surface area contributed by atoms with Crippen LogP contribution >= 0.6 is 0 Å². The summed E-state index contributed by atoms with van der Waals surface area (Å²) in [5, 5.41) is 9.90. The predicted molar refractivity (Wildman–Crippen MR) is 122 cm³/mol. The summed E-state index contributed by atoms with van der Waals surface area (Å²) in [4.78, 5) is 0. The first-order chi connectivity index (χ1) is 12.8. The molecule has 168 valence electrons. The van der Waals surface area contributed by atoms with E-state index in [1.165, 1.54) is 0 Å². The molecule has 0 bridgehead atoms. The monoisotopic (exact) mass is 409 g/mol. The lowest BCUT2D eigenvalue weighted by molar-refractivity contribution is -0.151. The van der Waals surface area contributed by atoms with Gasteiger partial charge in [0.1, 0.15) is 21.4 Å². The van der Waals surface area contributed by atoms with Crippen LogP contribution < -0.4 is 5.73 Å². The highest BCUT2D eigenvalue weighted by molar-refractivity contribution is 6.14. The SMILES string of the molecule is [B]C(C)OCCC(C)(C)C(C)(N)OCC(C)C(C)(C)C([B])(C)OCCC(C)(C)O. The van der Waals surface area contributed by atoms with Gasteiger partial charge in [-0.2, -0.15) is 0 Å². The van der Waals surface area contributed by atoms with Crippen molar-refractivity contribution >= 4 is 15.7 Å². The van der Waals surface area contributed by atoms with Gasteiger partial charge >= 0.3 is 0 Å². The van der Waals surface area contributed by atoms with Crippen LogP contribution in [0.1, 0.15) is 82.1 Å². The third kappa shape index (κ3) is 9.30. The lowest BCUT2D eigenvalue weighted by atomic mass is 9.58. The Labute approximate surface area is 182 Å². The fourth-order valence-corrected chi connectivity index (χ4v) is 2.64. The zero-order valence-corrected chi connectivity index (χ0v) is 20.6. The van der Waals surface area contributed by atoms with Crippen LogP contribution in [0.3, 0.4) is 0 Å². The van der Waals surface area contributed by atoms with E-state index in [0.29, 0.717) is 26.2 Å². The first-order valence-corrected chi connectivity index (χ1v) is 10.7.